The zero-order valence-corrected chi connectivity index (χ0v) is 11.7. The number of hydrogen-bond acceptors (Lipinski definition) is 5. The van der Waals surface area contributed by atoms with E-state index in [0.29, 0.717) is 18.2 Å². The first kappa shape index (κ1) is 13.5. The van der Waals surface area contributed by atoms with Crippen molar-refractivity contribution < 1.29 is 4.74 Å². The second-order valence-electron chi connectivity index (χ2n) is 4.85. The summed E-state index contributed by atoms with van der Waals surface area (Å²) in [6, 6.07) is 1.74. The van der Waals surface area contributed by atoms with Gasteiger partial charge in [0.1, 0.15) is 11.4 Å². The lowest BCUT2D eigenvalue weighted by Gasteiger charge is -2.23. The molecule has 0 amide bonds. The molecule has 2 aromatic rings. The summed E-state index contributed by atoms with van der Waals surface area (Å²) in [6.45, 7) is 6.39. The molecule has 6 heteroatoms. The number of rotatable bonds is 4. The van der Waals surface area contributed by atoms with E-state index in [9.17, 15) is 0 Å². The molecule has 2 aromatic heterocycles. The standard InChI is InChI=1S/C13H19N5O/c1-5-19-13(2,3)12-16-10(6-11(14)17-12)9-7-15-18(4)8-9/h6-8H,5H2,1-4H3,(H2,14,16,17). The minimum atomic E-state index is -0.568. The van der Waals surface area contributed by atoms with Gasteiger partial charge in [-0.25, -0.2) is 9.97 Å². The maximum absolute atomic E-state index is 5.86. The fraction of sp³-hybridized carbons (Fsp3) is 0.462. The third-order valence-electron chi connectivity index (χ3n) is 2.79. The molecule has 0 aliphatic heterocycles. The summed E-state index contributed by atoms with van der Waals surface area (Å²) in [4.78, 5) is 8.81. The van der Waals surface area contributed by atoms with E-state index in [4.69, 9.17) is 10.5 Å². The van der Waals surface area contributed by atoms with Crippen LogP contribution in [-0.2, 0) is 17.4 Å². The van der Waals surface area contributed by atoms with Crippen LogP contribution < -0.4 is 5.73 Å². The minimum Gasteiger partial charge on any atom is -0.384 e. The van der Waals surface area contributed by atoms with Gasteiger partial charge in [0.2, 0.25) is 0 Å². The van der Waals surface area contributed by atoms with Crippen molar-refractivity contribution in [3.05, 3.63) is 24.3 Å². The average Bonchev–Trinajstić information content (AvgIpc) is 2.75. The van der Waals surface area contributed by atoms with Crippen molar-refractivity contribution in [3.63, 3.8) is 0 Å². The van der Waals surface area contributed by atoms with Gasteiger partial charge in [-0.2, -0.15) is 5.10 Å². The van der Waals surface area contributed by atoms with Gasteiger partial charge in [0.25, 0.3) is 0 Å². The minimum absolute atomic E-state index is 0.427. The number of nitrogens with two attached hydrogens (primary N) is 1. The third kappa shape index (κ3) is 2.90. The van der Waals surface area contributed by atoms with Gasteiger partial charge in [0.15, 0.2) is 5.82 Å². The van der Waals surface area contributed by atoms with Gasteiger partial charge in [0.05, 0.1) is 11.9 Å². The lowest BCUT2D eigenvalue weighted by atomic mass is 10.1. The lowest BCUT2D eigenvalue weighted by Crippen LogP contribution is -2.25. The molecule has 0 radical (unpaired) electrons. The highest BCUT2D eigenvalue weighted by Crippen LogP contribution is 2.25. The van der Waals surface area contributed by atoms with Crippen LogP contribution in [0, 0.1) is 0 Å². The summed E-state index contributed by atoms with van der Waals surface area (Å²) < 4.78 is 7.39. The molecule has 0 fully saturated rings. The Labute approximate surface area is 112 Å². The van der Waals surface area contributed by atoms with E-state index in [1.807, 2.05) is 34.0 Å². The second-order valence-corrected chi connectivity index (χ2v) is 4.85. The van der Waals surface area contributed by atoms with Crippen molar-refractivity contribution in [1.29, 1.82) is 0 Å². The van der Waals surface area contributed by atoms with E-state index in [1.54, 1.807) is 16.9 Å². The molecule has 19 heavy (non-hydrogen) atoms. The molecule has 6 nitrogen and oxygen atoms in total. The molecule has 0 aromatic carbocycles. The van der Waals surface area contributed by atoms with E-state index in [2.05, 4.69) is 15.1 Å². The zero-order valence-electron chi connectivity index (χ0n) is 11.7. The second kappa shape index (κ2) is 4.97. The van der Waals surface area contributed by atoms with Crippen LogP contribution in [0.1, 0.15) is 26.6 Å². The van der Waals surface area contributed by atoms with Crippen LogP contribution in [0.15, 0.2) is 18.5 Å². The van der Waals surface area contributed by atoms with Gasteiger partial charge in [0, 0.05) is 31.5 Å². The molecule has 0 unspecified atom stereocenters. The molecular formula is C13H19N5O. The molecule has 0 atom stereocenters. The number of hydrogen-bond donors (Lipinski definition) is 1. The summed E-state index contributed by atoms with van der Waals surface area (Å²) in [6.07, 6.45) is 3.64. The highest BCUT2D eigenvalue weighted by Gasteiger charge is 2.25. The monoisotopic (exact) mass is 261 g/mol. The topological polar surface area (TPSA) is 78.9 Å². The molecule has 2 rings (SSSR count). The van der Waals surface area contributed by atoms with Crippen LogP contribution in [0.4, 0.5) is 5.82 Å². The predicted octanol–water partition coefficient (Wildman–Crippen LogP) is 1.73. The van der Waals surface area contributed by atoms with Crippen LogP contribution in [0.3, 0.4) is 0 Å². The van der Waals surface area contributed by atoms with Crippen LogP contribution in [-0.4, -0.2) is 26.4 Å². The molecule has 0 aliphatic carbocycles. The Bertz CT molecular complexity index is 576. The maximum Gasteiger partial charge on any atom is 0.162 e. The molecule has 102 valence electrons. The SMILES string of the molecule is CCOC(C)(C)c1nc(N)cc(-c2cnn(C)c2)n1. The van der Waals surface area contributed by atoms with Crippen molar-refractivity contribution in [3.8, 4) is 11.3 Å². The van der Waals surface area contributed by atoms with Gasteiger partial charge in [-0.15, -0.1) is 0 Å². The summed E-state index contributed by atoms with van der Waals surface area (Å²) in [5.74, 6) is 1.00. The van der Waals surface area contributed by atoms with E-state index in [-0.39, 0.29) is 0 Å². The molecule has 2 heterocycles. The smallest absolute Gasteiger partial charge is 0.162 e. The molecule has 0 saturated carbocycles. The van der Waals surface area contributed by atoms with Gasteiger partial charge < -0.3 is 10.5 Å². The largest absolute Gasteiger partial charge is 0.384 e. The van der Waals surface area contributed by atoms with E-state index >= 15 is 0 Å². The Kier molecular flexibility index (Phi) is 3.53. The van der Waals surface area contributed by atoms with Gasteiger partial charge in [-0.3, -0.25) is 4.68 Å². The predicted molar refractivity (Wildman–Crippen MR) is 73.3 cm³/mol. The maximum atomic E-state index is 5.86. The Morgan fingerprint density at radius 2 is 2.11 bits per heavy atom. The van der Waals surface area contributed by atoms with Crippen molar-refractivity contribution in [2.45, 2.75) is 26.4 Å². The average molecular weight is 261 g/mol. The van der Waals surface area contributed by atoms with Gasteiger partial charge in [-0.1, -0.05) is 0 Å². The van der Waals surface area contributed by atoms with Crippen LogP contribution >= 0.6 is 0 Å². The van der Waals surface area contributed by atoms with E-state index in [0.717, 1.165) is 11.3 Å². The Balaban J connectivity index is 2.45. The van der Waals surface area contributed by atoms with E-state index < -0.39 is 5.60 Å². The van der Waals surface area contributed by atoms with Crippen LogP contribution in [0.25, 0.3) is 11.3 Å². The first-order chi connectivity index (χ1) is 8.92. The molecule has 0 bridgehead atoms. The third-order valence-corrected chi connectivity index (χ3v) is 2.79. The van der Waals surface area contributed by atoms with Crippen molar-refractivity contribution >= 4 is 5.82 Å². The Morgan fingerprint density at radius 3 is 2.68 bits per heavy atom. The molecule has 0 saturated heterocycles. The van der Waals surface area contributed by atoms with Gasteiger partial charge >= 0.3 is 0 Å². The molecular weight excluding hydrogens is 242 g/mol. The number of nitrogens with zero attached hydrogens (tertiary/aromatic N) is 4. The zero-order chi connectivity index (χ0) is 14.0. The van der Waals surface area contributed by atoms with Gasteiger partial charge in [-0.05, 0) is 20.8 Å². The van der Waals surface area contributed by atoms with Crippen molar-refractivity contribution in [2.75, 3.05) is 12.3 Å². The molecule has 2 N–H and O–H groups in total. The molecule has 0 aliphatic rings. The van der Waals surface area contributed by atoms with E-state index in [1.165, 1.54) is 0 Å². The summed E-state index contributed by atoms with van der Waals surface area (Å²) >= 11 is 0. The quantitative estimate of drug-likeness (QED) is 0.906. The lowest BCUT2D eigenvalue weighted by molar-refractivity contribution is -0.0206. The Hall–Kier alpha value is -1.95. The van der Waals surface area contributed by atoms with Crippen LogP contribution in [0.2, 0.25) is 0 Å². The van der Waals surface area contributed by atoms with Crippen molar-refractivity contribution in [2.24, 2.45) is 7.05 Å². The summed E-state index contributed by atoms with van der Waals surface area (Å²) in [5, 5.41) is 4.14. The number of anilines is 1. The highest BCUT2D eigenvalue weighted by atomic mass is 16.5. The van der Waals surface area contributed by atoms with Crippen molar-refractivity contribution in [1.82, 2.24) is 19.7 Å². The number of aromatic nitrogens is 4. The number of nitrogen functional groups attached to an aromatic ring is 1. The number of ether oxygens (including phenoxy) is 1. The fourth-order valence-electron chi connectivity index (χ4n) is 1.86. The summed E-state index contributed by atoms with van der Waals surface area (Å²) in [5.41, 5.74) is 6.95. The van der Waals surface area contributed by atoms with Crippen LogP contribution in [0.5, 0.6) is 0 Å². The fourth-order valence-corrected chi connectivity index (χ4v) is 1.86. The molecule has 0 spiro atoms. The first-order valence-electron chi connectivity index (χ1n) is 6.20. The number of aryl methyl sites for hydroxylation is 1. The normalized spacial score (nSPS) is 11.8. The Morgan fingerprint density at radius 1 is 1.37 bits per heavy atom. The first-order valence-corrected chi connectivity index (χ1v) is 6.20. The highest BCUT2D eigenvalue weighted by molar-refractivity contribution is 5.60. The summed E-state index contributed by atoms with van der Waals surface area (Å²) in [7, 11) is 1.86.